The minimum absolute atomic E-state index is 0.0316. The maximum absolute atomic E-state index is 13.1. The van der Waals surface area contributed by atoms with Crippen LogP contribution in [-0.2, 0) is 33.7 Å². The number of anilines is 1. The van der Waals surface area contributed by atoms with Gasteiger partial charge in [-0.3, -0.25) is 19.3 Å². The van der Waals surface area contributed by atoms with E-state index >= 15 is 0 Å². The Bertz CT molecular complexity index is 1400. The number of morpholine rings is 1. The van der Waals surface area contributed by atoms with E-state index in [9.17, 15) is 14.4 Å². The second-order valence-electron chi connectivity index (χ2n) is 10.1. The summed E-state index contributed by atoms with van der Waals surface area (Å²) >= 11 is 0. The van der Waals surface area contributed by atoms with Crippen LogP contribution in [0.25, 0.3) is 22.3 Å². The molecule has 39 heavy (non-hydrogen) atoms. The number of nitrogens with zero attached hydrogens (tertiary/aromatic N) is 3. The van der Waals surface area contributed by atoms with Crippen molar-refractivity contribution >= 4 is 28.7 Å². The summed E-state index contributed by atoms with van der Waals surface area (Å²) in [5.41, 5.74) is 9.21. The molecule has 10 heteroatoms. The van der Waals surface area contributed by atoms with Crippen LogP contribution in [0, 0.1) is 0 Å². The van der Waals surface area contributed by atoms with E-state index in [0.717, 1.165) is 24.3 Å². The molecule has 4 rings (SSSR count). The van der Waals surface area contributed by atoms with Crippen molar-refractivity contribution in [3.05, 3.63) is 57.7 Å². The van der Waals surface area contributed by atoms with E-state index < -0.39 is 0 Å². The van der Waals surface area contributed by atoms with Gasteiger partial charge in [-0.15, -0.1) is 0 Å². The first kappa shape index (κ1) is 28.3. The van der Waals surface area contributed by atoms with Crippen molar-refractivity contribution < 1.29 is 14.3 Å². The van der Waals surface area contributed by atoms with Crippen LogP contribution < -0.4 is 21.8 Å². The molecule has 1 unspecified atom stereocenters. The van der Waals surface area contributed by atoms with Gasteiger partial charge in [0.25, 0.3) is 0 Å². The van der Waals surface area contributed by atoms with Gasteiger partial charge in [-0.25, -0.2) is 4.98 Å². The predicted octanol–water partition coefficient (Wildman–Crippen LogP) is 1.72. The van der Waals surface area contributed by atoms with Gasteiger partial charge in [0.05, 0.1) is 43.2 Å². The standard InChI is InChI=1S/C29H38N6O4/c1-5-34-28(30)23(15-25(36)31-4)27(38)22-10-11-24(33-29(22)34)20-8-6-19(7-9-20)14-26(37)32-16-21-17-39-13-12-35(21)18(2)3/h6-11,18,21H,5,12-17,30H2,1-4H3,(H,31,36)(H,32,37). The Morgan fingerprint density at radius 3 is 2.54 bits per heavy atom. The summed E-state index contributed by atoms with van der Waals surface area (Å²) < 4.78 is 7.37. The number of nitrogens with two attached hydrogens (primary N) is 1. The number of likely N-dealkylation sites (N-methyl/N-ethyl adjacent to an activating group) is 1. The van der Waals surface area contributed by atoms with Crippen molar-refractivity contribution in [2.24, 2.45) is 0 Å². The van der Waals surface area contributed by atoms with Crippen molar-refractivity contribution in [1.29, 1.82) is 0 Å². The summed E-state index contributed by atoms with van der Waals surface area (Å²) in [5.74, 6) is -0.0588. The quantitative estimate of drug-likeness (QED) is 0.381. The molecule has 1 saturated heterocycles. The normalized spacial score (nSPS) is 16.0. The third-order valence-electron chi connectivity index (χ3n) is 7.27. The van der Waals surface area contributed by atoms with Crippen LogP contribution in [0.5, 0.6) is 0 Å². The summed E-state index contributed by atoms with van der Waals surface area (Å²) in [6, 6.07) is 11.8. The first-order chi connectivity index (χ1) is 18.7. The zero-order valence-electron chi connectivity index (χ0n) is 23.1. The highest BCUT2D eigenvalue weighted by atomic mass is 16.5. The van der Waals surface area contributed by atoms with Gasteiger partial charge >= 0.3 is 0 Å². The van der Waals surface area contributed by atoms with Gasteiger partial charge in [0.15, 0.2) is 5.43 Å². The van der Waals surface area contributed by atoms with E-state index in [1.807, 2.05) is 31.2 Å². The average molecular weight is 535 g/mol. The summed E-state index contributed by atoms with van der Waals surface area (Å²) in [4.78, 5) is 44.8. The van der Waals surface area contributed by atoms with Gasteiger partial charge in [0, 0.05) is 43.9 Å². The Hall–Kier alpha value is -3.76. The highest BCUT2D eigenvalue weighted by Crippen LogP contribution is 2.23. The first-order valence-corrected chi connectivity index (χ1v) is 13.4. The fourth-order valence-electron chi connectivity index (χ4n) is 5.08. The fraction of sp³-hybridized carbons (Fsp3) is 0.448. The molecule has 2 aromatic heterocycles. The molecule has 208 valence electrons. The third-order valence-corrected chi connectivity index (χ3v) is 7.27. The van der Waals surface area contributed by atoms with E-state index in [0.29, 0.717) is 42.5 Å². The molecule has 0 spiro atoms. The highest BCUT2D eigenvalue weighted by molar-refractivity contribution is 5.85. The number of aryl methyl sites for hydroxylation is 1. The van der Waals surface area contributed by atoms with Crippen LogP contribution in [0.4, 0.5) is 5.82 Å². The predicted molar refractivity (Wildman–Crippen MR) is 152 cm³/mol. The highest BCUT2D eigenvalue weighted by Gasteiger charge is 2.25. The number of aromatic nitrogens is 2. The summed E-state index contributed by atoms with van der Waals surface area (Å²) in [5, 5.41) is 6.01. The third kappa shape index (κ3) is 6.29. The minimum atomic E-state index is -0.285. The number of hydrogen-bond donors (Lipinski definition) is 3. The van der Waals surface area contributed by atoms with Crippen LogP contribution in [0.15, 0.2) is 41.2 Å². The molecule has 0 radical (unpaired) electrons. The molecule has 3 aromatic rings. The number of nitrogens with one attached hydrogen (secondary N) is 2. The number of benzene rings is 1. The van der Waals surface area contributed by atoms with Gasteiger partial charge < -0.3 is 25.7 Å². The van der Waals surface area contributed by atoms with Crippen molar-refractivity contribution in [2.45, 2.75) is 52.2 Å². The van der Waals surface area contributed by atoms with Crippen LogP contribution >= 0.6 is 0 Å². The average Bonchev–Trinajstić information content (AvgIpc) is 2.94. The molecule has 0 saturated carbocycles. The van der Waals surface area contributed by atoms with Crippen LogP contribution in [0.1, 0.15) is 31.9 Å². The molecule has 10 nitrogen and oxygen atoms in total. The zero-order chi connectivity index (χ0) is 28.1. The smallest absolute Gasteiger partial charge is 0.224 e. The molecule has 1 aliphatic heterocycles. The number of carbonyl (C=O) groups excluding carboxylic acids is 2. The molecule has 1 fully saturated rings. The molecular formula is C29H38N6O4. The van der Waals surface area contributed by atoms with Gasteiger partial charge in [-0.05, 0) is 38.5 Å². The maximum atomic E-state index is 13.1. The molecule has 3 heterocycles. The Morgan fingerprint density at radius 1 is 1.13 bits per heavy atom. The van der Waals surface area contributed by atoms with Crippen molar-refractivity contribution in [3.63, 3.8) is 0 Å². The number of amides is 2. The van der Waals surface area contributed by atoms with E-state index in [4.69, 9.17) is 15.5 Å². The number of pyridine rings is 2. The SMILES string of the molecule is CCn1c(N)c(CC(=O)NC)c(=O)c2ccc(-c3ccc(CC(=O)NCC4COCCN4C(C)C)cc3)nc21. The van der Waals surface area contributed by atoms with E-state index in [-0.39, 0.29) is 47.5 Å². The maximum Gasteiger partial charge on any atom is 0.224 e. The van der Waals surface area contributed by atoms with Crippen molar-refractivity contribution in [2.75, 3.05) is 39.1 Å². The van der Waals surface area contributed by atoms with Gasteiger partial charge in [0.2, 0.25) is 11.8 Å². The molecule has 1 aliphatic rings. The molecule has 0 aliphatic carbocycles. The minimum Gasteiger partial charge on any atom is -0.385 e. The summed E-state index contributed by atoms with van der Waals surface area (Å²) in [6.07, 6.45) is 0.193. The topological polar surface area (TPSA) is 132 Å². The molecular weight excluding hydrogens is 496 g/mol. The van der Waals surface area contributed by atoms with E-state index in [2.05, 4.69) is 29.4 Å². The van der Waals surface area contributed by atoms with Crippen LogP contribution in [0.3, 0.4) is 0 Å². The van der Waals surface area contributed by atoms with Gasteiger partial charge in [0.1, 0.15) is 11.5 Å². The Labute approximate surface area is 228 Å². The number of carbonyl (C=O) groups is 2. The van der Waals surface area contributed by atoms with Crippen molar-refractivity contribution in [1.82, 2.24) is 25.1 Å². The van der Waals surface area contributed by atoms with Crippen LogP contribution in [-0.4, -0.2) is 71.7 Å². The molecule has 1 aromatic carbocycles. The second-order valence-corrected chi connectivity index (χ2v) is 10.1. The number of rotatable bonds is 9. The lowest BCUT2D eigenvalue weighted by molar-refractivity contribution is -0.121. The van der Waals surface area contributed by atoms with E-state index in [1.165, 1.54) is 7.05 Å². The van der Waals surface area contributed by atoms with E-state index in [1.54, 1.807) is 16.7 Å². The van der Waals surface area contributed by atoms with Crippen LogP contribution in [0.2, 0.25) is 0 Å². The Kier molecular flexibility index (Phi) is 8.98. The molecule has 1 atom stereocenters. The first-order valence-electron chi connectivity index (χ1n) is 13.4. The summed E-state index contributed by atoms with van der Waals surface area (Å²) in [7, 11) is 1.52. The number of fused-ring (bicyclic) bond motifs is 1. The second kappa shape index (κ2) is 12.4. The Balaban J connectivity index is 1.49. The monoisotopic (exact) mass is 534 g/mol. The van der Waals surface area contributed by atoms with Gasteiger partial charge in [-0.1, -0.05) is 24.3 Å². The lowest BCUT2D eigenvalue weighted by Crippen LogP contribution is -2.53. The number of ether oxygens (including phenoxy) is 1. The largest absolute Gasteiger partial charge is 0.385 e. The van der Waals surface area contributed by atoms with Crippen molar-refractivity contribution in [3.8, 4) is 11.3 Å². The van der Waals surface area contributed by atoms with Gasteiger partial charge in [-0.2, -0.15) is 0 Å². The fourth-order valence-corrected chi connectivity index (χ4v) is 5.08. The number of nitrogen functional groups attached to an aromatic ring is 1. The Morgan fingerprint density at radius 2 is 1.87 bits per heavy atom. The summed E-state index contributed by atoms with van der Waals surface area (Å²) in [6.45, 7) is 9.52. The molecule has 0 bridgehead atoms. The molecule has 2 amide bonds. The number of hydrogen-bond acceptors (Lipinski definition) is 7. The lowest BCUT2D eigenvalue weighted by atomic mass is 10.0. The molecule has 4 N–H and O–H groups in total. The zero-order valence-corrected chi connectivity index (χ0v) is 23.1. The lowest BCUT2D eigenvalue weighted by Gasteiger charge is -2.38.